The molecule has 0 bridgehead atoms. The van der Waals surface area contributed by atoms with Crippen LogP contribution in [0, 0.1) is 0 Å². The third kappa shape index (κ3) is 3.10. The highest BCUT2D eigenvalue weighted by Gasteiger charge is 2.31. The molecule has 4 aromatic rings. The monoisotopic (exact) mass is 375 g/mol. The van der Waals surface area contributed by atoms with Gasteiger partial charge in [0.25, 0.3) is 0 Å². The van der Waals surface area contributed by atoms with Gasteiger partial charge in [0.1, 0.15) is 22.3 Å². The van der Waals surface area contributed by atoms with E-state index in [9.17, 15) is 18.0 Å². The van der Waals surface area contributed by atoms with Crippen molar-refractivity contribution >= 4 is 38.6 Å². The van der Waals surface area contributed by atoms with Crippen molar-refractivity contribution in [1.82, 2.24) is 0 Å². The van der Waals surface area contributed by atoms with Gasteiger partial charge in [-0.1, -0.05) is 6.58 Å². The first-order valence-electron chi connectivity index (χ1n) is 7.83. The van der Waals surface area contributed by atoms with Crippen LogP contribution >= 0.6 is 0 Å². The van der Waals surface area contributed by atoms with E-state index >= 15 is 0 Å². The fourth-order valence-corrected chi connectivity index (χ4v) is 2.94. The third-order valence-corrected chi connectivity index (χ3v) is 3.88. The molecule has 0 fully saturated rings. The average Bonchev–Trinajstić information content (AvgIpc) is 2.92. The summed E-state index contributed by atoms with van der Waals surface area (Å²) in [5.74, 6) is -0.485. The van der Waals surface area contributed by atoms with Crippen LogP contribution in [-0.4, -0.2) is 6.36 Å². The largest absolute Gasteiger partial charge is 0.573 e. The first-order chi connectivity index (χ1) is 12.7. The van der Waals surface area contributed by atoms with E-state index in [0.29, 0.717) is 22.0 Å². The summed E-state index contributed by atoms with van der Waals surface area (Å²) in [6.07, 6.45) is -4.84. The molecule has 0 aliphatic carbocycles. The summed E-state index contributed by atoms with van der Waals surface area (Å²) in [6, 6.07) is 8.67. The summed E-state index contributed by atoms with van der Waals surface area (Å²) >= 11 is 0. The molecule has 27 heavy (non-hydrogen) atoms. The summed E-state index contributed by atoms with van der Waals surface area (Å²) in [4.78, 5) is 12.5. The first-order valence-corrected chi connectivity index (χ1v) is 7.83. The Kier molecular flexibility index (Phi) is 3.66. The van der Waals surface area contributed by atoms with Crippen molar-refractivity contribution in [2.24, 2.45) is 0 Å². The minimum atomic E-state index is -4.84. The molecule has 8 heteroatoms. The maximum Gasteiger partial charge on any atom is 0.573 e. The minimum Gasteiger partial charge on any atom is -0.455 e. The Morgan fingerprint density at radius 2 is 1.85 bits per heavy atom. The van der Waals surface area contributed by atoms with Crippen molar-refractivity contribution in [3.63, 3.8) is 0 Å². The molecule has 0 spiro atoms. The van der Waals surface area contributed by atoms with E-state index in [1.165, 1.54) is 6.07 Å². The molecular weight excluding hydrogens is 363 g/mol. The normalized spacial score (nSPS) is 12.0. The smallest absolute Gasteiger partial charge is 0.455 e. The lowest BCUT2D eigenvalue weighted by Crippen LogP contribution is -2.17. The number of furan rings is 1. The number of benzene rings is 2. The van der Waals surface area contributed by atoms with Crippen molar-refractivity contribution in [2.45, 2.75) is 13.3 Å². The standard InChI is InChI=1S/C19H12F3NO4/c1-9(2)23-10-3-6-14-13(7-10)16-17(25-14)12-5-4-11(27-19(20,21)22)8-15(12)26-18(16)24/h3-8,23H,1H2,2H3. The molecule has 0 atom stereocenters. The molecule has 1 N–H and O–H groups in total. The van der Waals surface area contributed by atoms with E-state index in [4.69, 9.17) is 8.83 Å². The van der Waals surface area contributed by atoms with Crippen LogP contribution in [0.4, 0.5) is 18.9 Å². The molecule has 0 unspecified atom stereocenters. The summed E-state index contributed by atoms with van der Waals surface area (Å²) in [6.45, 7) is 5.56. The van der Waals surface area contributed by atoms with Crippen molar-refractivity contribution < 1.29 is 26.7 Å². The van der Waals surface area contributed by atoms with Gasteiger partial charge in [-0.3, -0.25) is 0 Å². The Balaban J connectivity index is 1.96. The molecule has 2 aromatic heterocycles. The lowest BCUT2D eigenvalue weighted by Gasteiger charge is -2.08. The minimum absolute atomic E-state index is 0.0615. The van der Waals surface area contributed by atoms with Crippen LogP contribution in [0.1, 0.15) is 6.92 Å². The van der Waals surface area contributed by atoms with E-state index in [0.717, 1.165) is 17.8 Å². The molecule has 138 valence electrons. The van der Waals surface area contributed by atoms with Crippen LogP contribution in [-0.2, 0) is 0 Å². The molecule has 0 amide bonds. The number of rotatable bonds is 3. The maximum atomic E-state index is 12.5. The number of ether oxygens (including phenoxy) is 1. The van der Waals surface area contributed by atoms with Crippen LogP contribution in [0.3, 0.4) is 0 Å². The molecule has 0 saturated heterocycles. The van der Waals surface area contributed by atoms with Gasteiger partial charge in [0.15, 0.2) is 5.58 Å². The topological polar surface area (TPSA) is 64.6 Å². The van der Waals surface area contributed by atoms with Gasteiger partial charge in [-0.15, -0.1) is 13.2 Å². The maximum absolute atomic E-state index is 12.5. The van der Waals surface area contributed by atoms with Crippen LogP contribution < -0.4 is 15.7 Å². The summed E-state index contributed by atoms with van der Waals surface area (Å²) < 4.78 is 52.0. The molecule has 0 aliphatic heterocycles. The second-order valence-electron chi connectivity index (χ2n) is 6.02. The van der Waals surface area contributed by atoms with Crippen LogP contribution in [0.2, 0.25) is 0 Å². The molecule has 2 aromatic carbocycles. The number of anilines is 1. The second kappa shape index (κ2) is 5.80. The highest BCUT2D eigenvalue weighted by molar-refractivity contribution is 6.13. The predicted molar refractivity (Wildman–Crippen MR) is 94.9 cm³/mol. The van der Waals surface area contributed by atoms with E-state index < -0.39 is 17.7 Å². The van der Waals surface area contributed by atoms with Gasteiger partial charge in [0.05, 0.1) is 5.39 Å². The molecule has 0 aliphatic rings. The molecule has 2 heterocycles. The van der Waals surface area contributed by atoms with Gasteiger partial charge in [-0.2, -0.15) is 0 Å². The Labute approximate surface area is 149 Å². The molecule has 5 nitrogen and oxygen atoms in total. The first kappa shape index (κ1) is 17.0. The van der Waals surface area contributed by atoms with Gasteiger partial charge in [0.2, 0.25) is 0 Å². The van der Waals surface area contributed by atoms with Gasteiger partial charge >= 0.3 is 12.0 Å². The highest BCUT2D eigenvalue weighted by atomic mass is 19.4. The van der Waals surface area contributed by atoms with Crippen molar-refractivity contribution in [3.8, 4) is 5.75 Å². The SMILES string of the molecule is C=C(C)Nc1ccc2oc3c4ccc(OC(F)(F)F)cc4oc(=O)c3c2c1. The van der Waals surface area contributed by atoms with E-state index in [2.05, 4.69) is 16.6 Å². The van der Waals surface area contributed by atoms with Crippen LogP contribution in [0.15, 0.2) is 62.3 Å². The number of allylic oxidation sites excluding steroid dienone is 1. The van der Waals surface area contributed by atoms with Gasteiger partial charge < -0.3 is 18.9 Å². The second-order valence-corrected chi connectivity index (χ2v) is 6.02. The van der Waals surface area contributed by atoms with Crippen molar-refractivity contribution in [3.05, 3.63) is 59.1 Å². The van der Waals surface area contributed by atoms with Crippen molar-refractivity contribution in [2.75, 3.05) is 5.32 Å². The van der Waals surface area contributed by atoms with Gasteiger partial charge in [0, 0.05) is 22.8 Å². The zero-order valence-corrected chi connectivity index (χ0v) is 13.9. The fourth-order valence-electron chi connectivity index (χ4n) is 2.94. The highest BCUT2D eigenvalue weighted by Crippen LogP contribution is 2.35. The quantitative estimate of drug-likeness (QED) is 0.477. The zero-order chi connectivity index (χ0) is 19.3. The Bertz CT molecular complexity index is 1270. The Morgan fingerprint density at radius 3 is 2.56 bits per heavy atom. The fraction of sp³-hybridized carbons (Fsp3) is 0.105. The predicted octanol–water partition coefficient (Wildman–Crippen LogP) is 5.54. The van der Waals surface area contributed by atoms with E-state index in [1.807, 2.05) is 0 Å². The average molecular weight is 375 g/mol. The molecular formula is C19H12F3NO4. The molecule has 4 rings (SSSR count). The zero-order valence-electron chi connectivity index (χ0n) is 13.9. The van der Waals surface area contributed by atoms with Gasteiger partial charge in [-0.05, 0) is 37.3 Å². The number of hydrogen-bond acceptors (Lipinski definition) is 5. The lowest BCUT2D eigenvalue weighted by molar-refractivity contribution is -0.274. The molecule has 0 radical (unpaired) electrons. The summed E-state index contributed by atoms with van der Waals surface area (Å²) in [5.41, 5.74) is 1.35. The lowest BCUT2D eigenvalue weighted by atomic mass is 10.1. The van der Waals surface area contributed by atoms with Crippen LogP contribution in [0.25, 0.3) is 32.9 Å². The summed E-state index contributed by atoms with van der Waals surface area (Å²) in [7, 11) is 0. The van der Waals surface area contributed by atoms with E-state index in [1.54, 1.807) is 25.1 Å². The number of halogens is 3. The van der Waals surface area contributed by atoms with E-state index in [-0.39, 0.29) is 16.6 Å². The number of nitrogens with one attached hydrogen (secondary N) is 1. The Morgan fingerprint density at radius 1 is 1.07 bits per heavy atom. The number of hydrogen-bond donors (Lipinski definition) is 1. The van der Waals surface area contributed by atoms with Gasteiger partial charge in [-0.25, -0.2) is 4.79 Å². The third-order valence-electron chi connectivity index (χ3n) is 3.88. The summed E-state index contributed by atoms with van der Waals surface area (Å²) in [5, 5.41) is 4.16. The van der Waals surface area contributed by atoms with Crippen molar-refractivity contribution in [1.29, 1.82) is 0 Å². The Hall–Kier alpha value is -3.42. The van der Waals surface area contributed by atoms with Crippen LogP contribution in [0.5, 0.6) is 5.75 Å². The molecule has 0 saturated carbocycles. The number of fused-ring (bicyclic) bond motifs is 5. The number of alkyl halides is 3.